The maximum atomic E-state index is 12.3. The van der Waals surface area contributed by atoms with Crippen LogP contribution in [0.1, 0.15) is 19.0 Å². The largest absolute Gasteiger partial charge is 0.573 e. The summed E-state index contributed by atoms with van der Waals surface area (Å²) >= 11 is 6.13. The second kappa shape index (κ2) is 9.33. The highest BCUT2D eigenvalue weighted by Crippen LogP contribution is 2.26. The van der Waals surface area contributed by atoms with E-state index in [2.05, 4.69) is 15.0 Å². The minimum absolute atomic E-state index is 0.311. The van der Waals surface area contributed by atoms with E-state index in [1.165, 1.54) is 13.0 Å². The number of nitrogens with zero attached hydrogens (tertiary/aromatic N) is 2. The highest BCUT2D eigenvalue weighted by atomic mass is 35.5. The van der Waals surface area contributed by atoms with Gasteiger partial charge in [0.25, 0.3) is 0 Å². The number of urea groups is 1. The molecule has 1 aromatic heterocycles. The van der Waals surface area contributed by atoms with Crippen molar-refractivity contribution in [2.45, 2.75) is 19.7 Å². The Hall–Kier alpha value is -2.92. The molecule has 28 heavy (non-hydrogen) atoms. The molecule has 0 atom stereocenters. The number of terminal acetylenes is 1. The van der Waals surface area contributed by atoms with Gasteiger partial charge in [0.1, 0.15) is 0 Å². The first kappa shape index (κ1) is 21.4. The van der Waals surface area contributed by atoms with Crippen molar-refractivity contribution >= 4 is 23.2 Å². The van der Waals surface area contributed by atoms with Crippen LogP contribution in [0.15, 0.2) is 48.0 Å². The van der Waals surface area contributed by atoms with Crippen LogP contribution in [0, 0.1) is 12.3 Å². The first-order valence-corrected chi connectivity index (χ1v) is 8.54. The van der Waals surface area contributed by atoms with E-state index in [9.17, 15) is 18.0 Å². The number of alkyl halides is 3. The summed E-state index contributed by atoms with van der Waals surface area (Å²) in [5.41, 5.74) is 1.95. The van der Waals surface area contributed by atoms with Crippen LogP contribution in [0.3, 0.4) is 0 Å². The molecular weight excluding hydrogens is 395 g/mol. The number of rotatable bonds is 4. The van der Waals surface area contributed by atoms with Gasteiger partial charge >= 0.3 is 12.4 Å². The molecule has 1 aliphatic rings. The van der Waals surface area contributed by atoms with Gasteiger partial charge in [0, 0.05) is 25.0 Å². The number of halogens is 4. The maximum absolute atomic E-state index is 12.3. The van der Waals surface area contributed by atoms with Gasteiger partial charge in [-0.1, -0.05) is 17.7 Å². The van der Waals surface area contributed by atoms with Crippen molar-refractivity contribution in [2.75, 3.05) is 13.1 Å². The number of hydrogen-bond donors (Lipinski definition) is 1. The fraction of sp³-hybridized carbons (Fsp3) is 0.263. The first-order chi connectivity index (χ1) is 13.2. The summed E-state index contributed by atoms with van der Waals surface area (Å²) < 4.78 is 40.2. The van der Waals surface area contributed by atoms with Crippen LogP contribution in [0.5, 0.6) is 0 Å². The lowest BCUT2D eigenvalue weighted by Crippen LogP contribution is -2.41. The highest BCUT2D eigenvalue weighted by Gasteiger charge is 2.31. The van der Waals surface area contributed by atoms with E-state index >= 15 is 0 Å². The molecule has 0 saturated heterocycles. The van der Waals surface area contributed by atoms with Gasteiger partial charge < -0.3 is 15.0 Å². The minimum Gasteiger partial charge on any atom is -0.397 e. The molecule has 148 valence electrons. The Bertz CT molecular complexity index is 870. The summed E-state index contributed by atoms with van der Waals surface area (Å²) in [5.74, 6) is 1.07. The van der Waals surface area contributed by atoms with E-state index in [1.54, 1.807) is 29.1 Å². The summed E-state index contributed by atoms with van der Waals surface area (Å²) in [7, 11) is 0. The van der Waals surface area contributed by atoms with Crippen molar-refractivity contribution in [3.8, 4) is 12.3 Å². The van der Waals surface area contributed by atoms with Gasteiger partial charge in [0.15, 0.2) is 5.76 Å². The number of pyridine rings is 1. The lowest BCUT2D eigenvalue weighted by Gasteiger charge is -2.26. The molecule has 0 radical (unpaired) electrons. The van der Waals surface area contributed by atoms with Crippen LogP contribution in [-0.4, -0.2) is 35.4 Å². The molecule has 0 unspecified atom stereocenters. The molecule has 0 spiro atoms. The molecule has 0 fully saturated rings. The Kier molecular flexibility index (Phi) is 7.12. The predicted octanol–water partition coefficient (Wildman–Crippen LogP) is 4.49. The predicted molar refractivity (Wildman–Crippen MR) is 99.8 cm³/mol. The monoisotopic (exact) mass is 411 g/mol. The molecule has 0 bridgehead atoms. The van der Waals surface area contributed by atoms with E-state index in [4.69, 9.17) is 18.0 Å². The molecule has 1 N–H and O–H groups in total. The SMILES string of the molecule is C#C/C(=C\C=C(/C)NC(=O)N1CC=C(c2ncccc2Cl)CC1)OC(F)(F)F. The third kappa shape index (κ3) is 6.35. The fourth-order valence-corrected chi connectivity index (χ4v) is 2.66. The number of aromatic nitrogens is 1. The second-order valence-electron chi connectivity index (χ2n) is 5.76. The minimum atomic E-state index is -4.88. The summed E-state index contributed by atoms with van der Waals surface area (Å²) in [4.78, 5) is 18.1. The second-order valence-corrected chi connectivity index (χ2v) is 6.17. The lowest BCUT2D eigenvalue weighted by molar-refractivity contribution is -0.302. The summed E-state index contributed by atoms with van der Waals surface area (Å²) in [5, 5.41) is 3.13. The van der Waals surface area contributed by atoms with Gasteiger partial charge in [-0.2, -0.15) is 0 Å². The third-order valence-electron chi connectivity index (χ3n) is 3.72. The topological polar surface area (TPSA) is 54.5 Å². The number of amides is 2. The zero-order valence-corrected chi connectivity index (χ0v) is 15.6. The van der Waals surface area contributed by atoms with Gasteiger partial charge in [-0.15, -0.1) is 19.6 Å². The summed E-state index contributed by atoms with van der Waals surface area (Å²) in [6.07, 6.45) is 6.37. The molecule has 5 nitrogen and oxygen atoms in total. The van der Waals surface area contributed by atoms with Crippen LogP contribution >= 0.6 is 11.6 Å². The van der Waals surface area contributed by atoms with Crippen molar-refractivity contribution in [3.63, 3.8) is 0 Å². The molecule has 0 aliphatic carbocycles. The summed E-state index contributed by atoms with van der Waals surface area (Å²) in [6, 6.07) is 3.10. The van der Waals surface area contributed by atoms with Gasteiger partial charge in [-0.3, -0.25) is 4.98 Å². The van der Waals surface area contributed by atoms with Crippen LogP contribution < -0.4 is 5.32 Å². The smallest absolute Gasteiger partial charge is 0.397 e. The van der Waals surface area contributed by atoms with Crippen molar-refractivity contribution in [1.29, 1.82) is 0 Å². The van der Waals surface area contributed by atoms with Crippen LogP contribution in [0.2, 0.25) is 5.02 Å². The normalized spacial score (nSPS) is 15.6. The van der Waals surface area contributed by atoms with Crippen LogP contribution in [-0.2, 0) is 4.74 Å². The highest BCUT2D eigenvalue weighted by molar-refractivity contribution is 6.32. The van der Waals surface area contributed by atoms with Crippen molar-refractivity contribution < 1.29 is 22.7 Å². The van der Waals surface area contributed by atoms with Crippen LogP contribution in [0.25, 0.3) is 5.57 Å². The quantitative estimate of drug-likeness (QED) is 0.451. The molecular formula is C19H17ClF3N3O2. The Labute approximate surface area is 165 Å². The number of nitrogens with one attached hydrogen (secondary N) is 1. The van der Waals surface area contributed by atoms with E-state index in [0.29, 0.717) is 35.9 Å². The standard InChI is InChI=1S/C19H17ClF3N3O2/c1-3-15(28-19(21,22)23)7-6-13(2)25-18(27)26-11-8-14(9-12-26)17-16(20)5-4-10-24-17/h1,4-8,10H,9,11-12H2,2H3,(H,25,27)/b13-6+,15-7+. The number of ether oxygens (including phenoxy) is 1. The Morgan fingerprint density at radius 2 is 2.21 bits per heavy atom. The van der Waals surface area contributed by atoms with E-state index < -0.39 is 12.1 Å². The van der Waals surface area contributed by atoms with Gasteiger partial charge in [0.2, 0.25) is 0 Å². The molecule has 2 heterocycles. The number of allylic oxidation sites excluding steroid dienone is 4. The third-order valence-corrected chi connectivity index (χ3v) is 4.02. The average molecular weight is 412 g/mol. The molecule has 1 aromatic rings. The molecule has 0 saturated carbocycles. The van der Waals surface area contributed by atoms with Crippen molar-refractivity contribution in [2.24, 2.45) is 0 Å². The Balaban J connectivity index is 1.97. The maximum Gasteiger partial charge on any atom is 0.573 e. The fourth-order valence-electron chi connectivity index (χ4n) is 2.42. The first-order valence-electron chi connectivity index (χ1n) is 8.16. The van der Waals surface area contributed by atoms with E-state index in [-0.39, 0.29) is 6.03 Å². The number of hydrogen-bond acceptors (Lipinski definition) is 3. The van der Waals surface area contributed by atoms with E-state index in [0.717, 1.165) is 11.6 Å². The van der Waals surface area contributed by atoms with E-state index in [1.807, 2.05) is 6.08 Å². The van der Waals surface area contributed by atoms with Crippen molar-refractivity contribution in [1.82, 2.24) is 15.2 Å². The zero-order chi connectivity index (χ0) is 20.7. The molecule has 0 aromatic carbocycles. The molecule has 2 amide bonds. The molecule has 9 heteroatoms. The molecule has 1 aliphatic heterocycles. The Morgan fingerprint density at radius 1 is 1.46 bits per heavy atom. The number of carbonyl (C=O) groups is 1. The van der Waals surface area contributed by atoms with Gasteiger partial charge in [0.05, 0.1) is 10.7 Å². The molecule has 2 rings (SSSR count). The number of carbonyl (C=O) groups excluding carboxylic acids is 1. The lowest BCUT2D eigenvalue weighted by atomic mass is 10.0. The van der Waals surface area contributed by atoms with Gasteiger partial charge in [-0.05, 0) is 49.1 Å². The average Bonchev–Trinajstić information content (AvgIpc) is 2.64. The van der Waals surface area contributed by atoms with Crippen molar-refractivity contribution in [3.05, 3.63) is 58.7 Å². The zero-order valence-electron chi connectivity index (χ0n) is 14.9. The Morgan fingerprint density at radius 3 is 2.79 bits per heavy atom. The van der Waals surface area contributed by atoms with Crippen LogP contribution in [0.4, 0.5) is 18.0 Å². The van der Waals surface area contributed by atoms with Gasteiger partial charge in [-0.25, -0.2) is 4.79 Å². The summed E-state index contributed by atoms with van der Waals surface area (Å²) in [6.45, 7) is 2.32.